The second kappa shape index (κ2) is 7.30. The van der Waals surface area contributed by atoms with Crippen molar-refractivity contribution in [3.8, 4) is 11.1 Å². The molecule has 3 heterocycles. The Morgan fingerprint density at radius 2 is 2.00 bits per heavy atom. The minimum absolute atomic E-state index is 0.129. The summed E-state index contributed by atoms with van der Waals surface area (Å²) < 4.78 is 7.32. The van der Waals surface area contributed by atoms with Crippen LogP contribution in [0.2, 0.25) is 0 Å². The van der Waals surface area contributed by atoms with Crippen LogP contribution in [0.5, 0.6) is 0 Å². The zero-order valence-electron chi connectivity index (χ0n) is 15.0. The number of aromatic nitrogens is 2. The van der Waals surface area contributed by atoms with Gasteiger partial charge in [0.15, 0.2) is 0 Å². The lowest BCUT2D eigenvalue weighted by Crippen LogP contribution is -2.42. The molecule has 1 aliphatic rings. The van der Waals surface area contributed by atoms with Crippen molar-refractivity contribution >= 4 is 16.9 Å². The van der Waals surface area contributed by atoms with Crippen LogP contribution in [0.1, 0.15) is 12.5 Å². The third-order valence-corrected chi connectivity index (χ3v) is 4.96. The van der Waals surface area contributed by atoms with E-state index in [1.165, 1.54) is 5.56 Å². The summed E-state index contributed by atoms with van der Waals surface area (Å²) in [5.41, 5.74) is 5.44. The lowest BCUT2D eigenvalue weighted by atomic mass is 10.0. The number of nitrogens with zero attached hydrogens (tertiary/aromatic N) is 3. The highest BCUT2D eigenvalue weighted by Crippen LogP contribution is 2.24. The summed E-state index contributed by atoms with van der Waals surface area (Å²) in [5.74, 6) is 0.129. The Kier molecular flexibility index (Phi) is 4.71. The van der Waals surface area contributed by atoms with Crippen molar-refractivity contribution in [3.05, 3.63) is 54.4 Å². The lowest BCUT2D eigenvalue weighted by molar-refractivity contribution is -0.135. The Morgan fingerprint density at radius 3 is 2.81 bits per heavy atom. The monoisotopic (exact) mass is 349 g/mol. The molecular formula is C21H23N3O2. The second-order valence-corrected chi connectivity index (χ2v) is 6.62. The molecule has 0 spiro atoms. The van der Waals surface area contributed by atoms with E-state index in [-0.39, 0.29) is 5.91 Å². The summed E-state index contributed by atoms with van der Waals surface area (Å²) in [7, 11) is 0. The molecule has 4 rings (SSSR count). The number of carbonyl (C=O) groups is 1. The fraction of sp³-hybridized carbons (Fsp3) is 0.333. The van der Waals surface area contributed by atoms with Crippen LogP contribution in [0.25, 0.3) is 22.2 Å². The molecule has 0 atom stereocenters. The van der Waals surface area contributed by atoms with Gasteiger partial charge in [-0.25, -0.2) is 0 Å². The van der Waals surface area contributed by atoms with Gasteiger partial charge in [0.25, 0.3) is 0 Å². The number of amides is 1. The van der Waals surface area contributed by atoms with Crippen molar-refractivity contribution < 1.29 is 9.53 Å². The van der Waals surface area contributed by atoms with Crippen LogP contribution in [-0.4, -0.2) is 46.7 Å². The van der Waals surface area contributed by atoms with Crippen LogP contribution in [0.4, 0.5) is 0 Å². The molecule has 1 saturated heterocycles. The van der Waals surface area contributed by atoms with Crippen LogP contribution in [-0.2, 0) is 22.5 Å². The molecule has 0 aliphatic carbocycles. The first-order valence-electron chi connectivity index (χ1n) is 9.14. The number of ether oxygens (including phenoxy) is 1. The van der Waals surface area contributed by atoms with Gasteiger partial charge < -0.3 is 14.2 Å². The van der Waals surface area contributed by atoms with Gasteiger partial charge in [-0.2, -0.15) is 0 Å². The summed E-state index contributed by atoms with van der Waals surface area (Å²) in [6.07, 6.45) is 4.86. The third kappa shape index (κ3) is 3.35. The number of morpholine rings is 1. The Morgan fingerprint density at radius 1 is 1.15 bits per heavy atom. The van der Waals surface area contributed by atoms with Gasteiger partial charge in [-0.15, -0.1) is 0 Å². The molecule has 0 unspecified atom stereocenters. The first-order chi connectivity index (χ1) is 12.7. The van der Waals surface area contributed by atoms with Gasteiger partial charge in [-0.1, -0.05) is 31.2 Å². The van der Waals surface area contributed by atoms with Crippen LogP contribution < -0.4 is 0 Å². The van der Waals surface area contributed by atoms with E-state index in [1.807, 2.05) is 27.9 Å². The maximum absolute atomic E-state index is 12.6. The molecule has 26 heavy (non-hydrogen) atoms. The first-order valence-corrected chi connectivity index (χ1v) is 9.14. The van der Waals surface area contributed by atoms with E-state index in [1.54, 1.807) is 0 Å². The number of aryl methyl sites for hydroxylation is 1. The Balaban J connectivity index is 1.63. The Hall–Kier alpha value is -2.66. The fourth-order valence-electron chi connectivity index (χ4n) is 3.39. The normalized spacial score (nSPS) is 14.7. The van der Waals surface area contributed by atoms with E-state index < -0.39 is 0 Å². The van der Waals surface area contributed by atoms with Gasteiger partial charge in [0, 0.05) is 31.0 Å². The first kappa shape index (κ1) is 16.8. The molecule has 1 amide bonds. The average Bonchev–Trinajstić information content (AvgIpc) is 3.10. The highest BCUT2D eigenvalue weighted by atomic mass is 16.5. The molecule has 134 valence electrons. The molecular weight excluding hydrogens is 326 g/mol. The summed E-state index contributed by atoms with van der Waals surface area (Å²) in [6.45, 7) is 5.08. The standard InChI is InChI=1S/C21H23N3O2/c1-2-16-4-3-5-17(12-16)18-13-20-19(22-14-18)6-7-24(20)15-21(25)23-8-10-26-11-9-23/h3-7,12-14H,2,8-11,15H2,1H3. The average molecular weight is 349 g/mol. The predicted molar refractivity (Wildman–Crippen MR) is 102 cm³/mol. The molecule has 1 fully saturated rings. The topological polar surface area (TPSA) is 47.4 Å². The largest absolute Gasteiger partial charge is 0.378 e. The number of hydrogen-bond donors (Lipinski definition) is 0. The van der Waals surface area contributed by atoms with Crippen LogP contribution >= 0.6 is 0 Å². The number of benzene rings is 1. The second-order valence-electron chi connectivity index (χ2n) is 6.62. The van der Waals surface area contributed by atoms with Gasteiger partial charge >= 0.3 is 0 Å². The molecule has 2 aromatic heterocycles. The van der Waals surface area contributed by atoms with E-state index in [2.05, 4.69) is 42.2 Å². The maximum Gasteiger partial charge on any atom is 0.242 e. The molecule has 1 aromatic carbocycles. The van der Waals surface area contributed by atoms with E-state index in [4.69, 9.17) is 4.74 Å². The Labute approximate surface area is 153 Å². The van der Waals surface area contributed by atoms with Crippen molar-refractivity contribution in [2.45, 2.75) is 19.9 Å². The van der Waals surface area contributed by atoms with Crippen molar-refractivity contribution in [1.29, 1.82) is 0 Å². The minimum Gasteiger partial charge on any atom is -0.378 e. The lowest BCUT2D eigenvalue weighted by Gasteiger charge is -2.27. The van der Waals surface area contributed by atoms with Gasteiger partial charge in [0.2, 0.25) is 5.91 Å². The van der Waals surface area contributed by atoms with Crippen molar-refractivity contribution in [3.63, 3.8) is 0 Å². The van der Waals surface area contributed by atoms with Crippen LogP contribution in [0.3, 0.4) is 0 Å². The van der Waals surface area contributed by atoms with Gasteiger partial charge in [-0.05, 0) is 29.7 Å². The van der Waals surface area contributed by atoms with Crippen molar-refractivity contribution in [2.75, 3.05) is 26.3 Å². The zero-order chi connectivity index (χ0) is 17.9. The van der Waals surface area contributed by atoms with E-state index in [9.17, 15) is 4.79 Å². The predicted octanol–water partition coefficient (Wildman–Crippen LogP) is 3.12. The highest BCUT2D eigenvalue weighted by molar-refractivity contribution is 5.84. The fourth-order valence-corrected chi connectivity index (χ4v) is 3.39. The maximum atomic E-state index is 12.6. The van der Waals surface area contributed by atoms with E-state index in [0.29, 0.717) is 32.8 Å². The molecule has 0 N–H and O–H groups in total. The molecule has 5 nitrogen and oxygen atoms in total. The number of pyridine rings is 1. The van der Waals surface area contributed by atoms with Gasteiger partial charge in [0.1, 0.15) is 6.54 Å². The molecule has 3 aromatic rings. The van der Waals surface area contributed by atoms with Gasteiger partial charge in [-0.3, -0.25) is 9.78 Å². The van der Waals surface area contributed by atoms with Crippen LogP contribution in [0, 0.1) is 0 Å². The number of carbonyl (C=O) groups excluding carboxylic acids is 1. The van der Waals surface area contributed by atoms with E-state index in [0.717, 1.165) is 28.6 Å². The minimum atomic E-state index is 0.129. The summed E-state index contributed by atoms with van der Waals surface area (Å²) in [5, 5.41) is 0. The molecule has 0 radical (unpaired) electrons. The Bertz CT molecular complexity index is 926. The highest BCUT2D eigenvalue weighted by Gasteiger charge is 2.18. The quantitative estimate of drug-likeness (QED) is 0.727. The number of fused-ring (bicyclic) bond motifs is 1. The smallest absolute Gasteiger partial charge is 0.242 e. The van der Waals surface area contributed by atoms with E-state index >= 15 is 0 Å². The molecule has 0 bridgehead atoms. The molecule has 0 saturated carbocycles. The SMILES string of the molecule is CCc1cccc(-c2cnc3ccn(CC(=O)N4CCOCC4)c3c2)c1. The summed E-state index contributed by atoms with van der Waals surface area (Å²) in [4.78, 5) is 19.0. The number of hydrogen-bond acceptors (Lipinski definition) is 3. The van der Waals surface area contributed by atoms with Crippen LogP contribution in [0.15, 0.2) is 48.8 Å². The number of rotatable bonds is 4. The summed E-state index contributed by atoms with van der Waals surface area (Å²) in [6, 6.07) is 12.6. The van der Waals surface area contributed by atoms with Crippen molar-refractivity contribution in [1.82, 2.24) is 14.5 Å². The zero-order valence-corrected chi connectivity index (χ0v) is 15.0. The van der Waals surface area contributed by atoms with Crippen molar-refractivity contribution in [2.24, 2.45) is 0 Å². The third-order valence-electron chi connectivity index (χ3n) is 4.96. The van der Waals surface area contributed by atoms with Gasteiger partial charge in [0.05, 0.1) is 24.2 Å². The molecule has 1 aliphatic heterocycles. The molecule has 5 heteroatoms. The summed E-state index contributed by atoms with van der Waals surface area (Å²) >= 11 is 0.